The summed E-state index contributed by atoms with van der Waals surface area (Å²) in [5, 5.41) is 0. The number of methoxy groups -OCH3 is 4. The van der Waals surface area contributed by atoms with Crippen molar-refractivity contribution in [3.05, 3.63) is 212 Å². The molecule has 0 aromatic heterocycles. The monoisotopic (exact) mass is 878 g/mol. The largest absolute Gasteiger partial charge is 0.465 e. The van der Waals surface area contributed by atoms with E-state index >= 15 is 0 Å². The molecule has 0 unspecified atom stereocenters. The van der Waals surface area contributed by atoms with Crippen molar-refractivity contribution >= 4 is 46.7 Å². The SMILES string of the molecule is CCc1ccccc1C1(C2(c3ccccc3CC)N=C(c3ccc(C(=O)OC)cc3)C(c3ccc(C(=O)OC)cc3)=N2)N=C(c2ccc(C(=O)OC)cc2)C(c2ccc(C(=O)OC)cc2)=N1. The van der Waals surface area contributed by atoms with Crippen molar-refractivity contribution in [3.8, 4) is 0 Å². The van der Waals surface area contributed by atoms with Gasteiger partial charge >= 0.3 is 23.9 Å². The predicted octanol–water partition coefficient (Wildman–Crippen LogP) is 8.95. The van der Waals surface area contributed by atoms with Crippen LogP contribution in [0.4, 0.5) is 0 Å². The van der Waals surface area contributed by atoms with Gasteiger partial charge in [0, 0.05) is 33.4 Å². The fourth-order valence-corrected chi connectivity index (χ4v) is 8.51. The molecule has 6 aromatic carbocycles. The minimum atomic E-state index is -1.66. The number of nitrogens with zero attached hydrogens (tertiary/aromatic N) is 4. The first kappa shape index (κ1) is 44.5. The summed E-state index contributed by atoms with van der Waals surface area (Å²) < 4.78 is 20.1. The Morgan fingerprint density at radius 3 is 0.803 bits per heavy atom. The molecule has 0 saturated heterocycles. The topological polar surface area (TPSA) is 155 Å². The minimum absolute atomic E-state index is 0.354. The zero-order valence-electron chi connectivity index (χ0n) is 37.3. The Morgan fingerprint density at radius 1 is 0.364 bits per heavy atom. The van der Waals surface area contributed by atoms with E-state index in [0.717, 1.165) is 22.3 Å². The van der Waals surface area contributed by atoms with E-state index in [2.05, 4.69) is 26.0 Å². The maximum Gasteiger partial charge on any atom is 0.337 e. The van der Waals surface area contributed by atoms with Gasteiger partial charge in [-0.3, -0.25) is 0 Å². The van der Waals surface area contributed by atoms with Gasteiger partial charge < -0.3 is 18.9 Å². The summed E-state index contributed by atoms with van der Waals surface area (Å²) in [6.07, 6.45) is 1.22. The molecule has 0 spiro atoms. The molecule has 0 saturated carbocycles. The van der Waals surface area contributed by atoms with Crippen molar-refractivity contribution in [1.29, 1.82) is 0 Å². The van der Waals surface area contributed by atoms with Crippen LogP contribution in [0.15, 0.2) is 166 Å². The number of ether oxygens (including phenoxy) is 4. The quantitative estimate of drug-likeness (QED) is 0.0823. The van der Waals surface area contributed by atoms with Gasteiger partial charge in [0.1, 0.15) is 0 Å². The van der Waals surface area contributed by atoms with Crippen molar-refractivity contribution in [3.63, 3.8) is 0 Å². The Balaban J connectivity index is 1.53. The number of carbonyl (C=O) groups is 4. The average Bonchev–Trinajstić information content (AvgIpc) is 4.00. The third kappa shape index (κ3) is 7.80. The smallest absolute Gasteiger partial charge is 0.337 e. The molecule has 0 radical (unpaired) electrons. The zero-order chi connectivity index (χ0) is 46.6. The van der Waals surface area contributed by atoms with Gasteiger partial charge in [0.2, 0.25) is 11.3 Å². The normalized spacial score (nSPS) is 14.6. The molecule has 12 heteroatoms. The fourth-order valence-electron chi connectivity index (χ4n) is 8.51. The van der Waals surface area contributed by atoms with Gasteiger partial charge in [0.25, 0.3) is 0 Å². The molecule has 2 aliphatic heterocycles. The Hall–Kier alpha value is -8.12. The maximum absolute atomic E-state index is 12.7. The van der Waals surface area contributed by atoms with Crippen LogP contribution in [0, 0.1) is 0 Å². The molecule has 0 atom stereocenters. The Kier molecular flexibility index (Phi) is 12.5. The number of esters is 4. The van der Waals surface area contributed by atoms with Crippen LogP contribution in [-0.2, 0) is 43.1 Å². The summed E-state index contributed by atoms with van der Waals surface area (Å²) in [6, 6.07) is 43.9. The van der Waals surface area contributed by atoms with E-state index in [1.54, 1.807) is 48.5 Å². The third-order valence-corrected chi connectivity index (χ3v) is 11.9. The van der Waals surface area contributed by atoms with Gasteiger partial charge in [-0.05, 0) is 72.5 Å². The molecule has 0 bridgehead atoms. The van der Waals surface area contributed by atoms with Crippen LogP contribution >= 0.6 is 0 Å². The molecule has 0 aliphatic carbocycles. The lowest BCUT2D eigenvalue weighted by molar-refractivity contribution is 0.0592. The van der Waals surface area contributed by atoms with Crippen LogP contribution in [-0.4, -0.2) is 75.2 Å². The molecule has 0 fully saturated rings. The fraction of sp³-hybridized carbons (Fsp3) is 0.185. The second-order valence-corrected chi connectivity index (χ2v) is 15.5. The van der Waals surface area contributed by atoms with Gasteiger partial charge in [0.15, 0.2) is 0 Å². The van der Waals surface area contributed by atoms with Gasteiger partial charge in [-0.25, -0.2) is 39.1 Å². The molecule has 12 nitrogen and oxygen atoms in total. The van der Waals surface area contributed by atoms with Crippen molar-refractivity contribution in [2.45, 2.75) is 38.0 Å². The van der Waals surface area contributed by atoms with E-state index < -0.39 is 35.2 Å². The zero-order valence-corrected chi connectivity index (χ0v) is 37.3. The summed E-state index contributed by atoms with van der Waals surface area (Å²) in [7, 11) is 5.33. The third-order valence-electron chi connectivity index (χ3n) is 11.9. The van der Waals surface area contributed by atoms with Crippen molar-refractivity contribution < 1.29 is 38.1 Å². The minimum Gasteiger partial charge on any atom is -0.465 e. The van der Waals surface area contributed by atoms with Gasteiger partial charge in [-0.1, -0.05) is 111 Å². The summed E-state index contributed by atoms with van der Waals surface area (Å²) >= 11 is 0. The Morgan fingerprint density at radius 2 is 0.591 bits per heavy atom. The van der Waals surface area contributed by atoms with Crippen LogP contribution in [0.1, 0.15) is 99.8 Å². The highest BCUT2D eigenvalue weighted by Crippen LogP contribution is 2.56. The highest BCUT2D eigenvalue weighted by Gasteiger charge is 2.61. The highest BCUT2D eigenvalue weighted by molar-refractivity contribution is 6.56. The average molecular weight is 879 g/mol. The highest BCUT2D eigenvalue weighted by atomic mass is 16.5. The number of rotatable bonds is 13. The molecule has 0 N–H and O–H groups in total. The van der Waals surface area contributed by atoms with Crippen molar-refractivity contribution in [2.24, 2.45) is 20.0 Å². The first-order chi connectivity index (χ1) is 32.0. The van der Waals surface area contributed by atoms with Crippen molar-refractivity contribution in [1.82, 2.24) is 0 Å². The first-order valence-electron chi connectivity index (χ1n) is 21.4. The molecule has 2 heterocycles. The molecule has 2 aliphatic rings. The van der Waals surface area contributed by atoms with Gasteiger partial charge in [-0.15, -0.1) is 0 Å². The lowest BCUT2D eigenvalue weighted by Crippen LogP contribution is -2.44. The molecule has 6 aromatic rings. The predicted molar refractivity (Wildman–Crippen MR) is 252 cm³/mol. The van der Waals surface area contributed by atoms with Crippen molar-refractivity contribution in [2.75, 3.05) is 28.4 Å². The molecule has 330 valence electrons. The molecule has 8 rings (SSSR count). The second kappa shape index (κ2) is 18.5. The molecule has 0 amide bonds. The van der Waals surface area contributed by atoms with E-state index in [1.165, 1.54) is 28.4 Å². The van der Waals surface area contributed by atoms with E-state index in [4.69, 9.17) is 38.9 Å². The summed E-state index contributed by atoms with van der Waals surface area (Å²) in [5.41, 5.74) is 6.03. The van der Waals surface area contributed by atoms with E-state index in [0.29, 0.717) is 80.2 Å². The van der Waals surface area contributed by atoms with E-state index in [-0.39, 0.29) is 0 Å². The van der Waals surface area contributed by atoms with E-state index in [1.807, 2.05) is 84.9 Å². The number of aliphatic imine (C=N–C) groups is 4. The van der Waals surface area contributed by atoms with Crippen LogP contribution in [0.3, 0.4) is 0 Å². The lowest BCUT2D eigenvalue weighted by atomic mass is 9.78. The van der Waals surface area contributed by atoms with Crippen LogP contribution in [0.25, 0.3) is 0 Å². The van der Waals surface area contributed by atoms with Crippen LogP contribution in [0.5, 0.6) is 0 Å². The number of hydrogen-bond donors (Lipinski definition) is 0. The van der Waals surface area contributed by atoms with Crippen LogP contribution in [0.2, 0.25) is 0 Å². The summed E-state index contributed by atoms with van der Waals surface area (Å²) in [5.74, 6) is -1.95. The number of carbonyl (C=O) groups excluding carboxylic acids is 4. The molecular weight excluding hydrogens is 833 g/mol. The molecular formula is C54H46N4O8. The van der Waals surface area contributed by atoms with Gasteiger partial charge in [0.05, 0.1) is 73.5 Å². The second-order valence-electron chi connectivity index (χ2n) is 15.5. The maximum atomic E-state index is 12.7. The van der Waals surface area contributed by atoms with E-state index in [9.17, 15) is 19.2 Å². The Bertz CT molecular complexity index is 2630. The Labute approximate surface area is 382 Å². The number of hydrogen-bond acceptors (Lipinski definition) is 12. The summed E-state index contributed by atoms with van der Waals surface area (Å²) in [4.78, 5) is 74.0. The molecule has 66 heavy (non-hydrogen) atoms. The number of benzene rings is 6. The standard InChI is InChI=1S/C54H46N4O8/c1-7-33-13-9-11-15-43(33)53(55-45(35-17-25-39(26-18-35)49(59)63-3)46(56-53)36-19-27-40(28-20-36)50(60)64-4)54(44-16-12-10-14-34(44)8-2)57-47(37-21-29-41(30-22-37)51(61)65-5)48(58-54)38-23-31-42(32-24-38)52(62)66-6/h9-32H,7-8H2,1-6H3. The first-order valence-corrected chi connectivity index (χ1v) is 21.4. The summed E-state index contributed by atoms with van der Waals surface area (Å²) in [6.45, 7) is 4.15. The van der Waals surface area contributed by atoms with Gasteiger partial charge in [-0.2, -0.15) is 0 Å². The van der Waals surface area contributed by atoms with Crippen LogP contribution < -0.4 is 0 Å². The number of aryl methyl sites for hydroxylation is 2. The lowest BCUT2D eigenvalue weighted by Gasteiger charge is -2.40.